The zero-order chi connectivity index (χ0) is 33.0. The molecular formula is C35H55N2O6PS. The summed E-state index contributed by atoms with van der Waals surface area (Å²) in [5, 5.41) is 2.40. The number of esters is 1. The molecule has 1 unspecified atom stereocenters. The maximum atomic E-state index is 14.3. The zero-order valence-electron chi connectivity index (χ0n) is 28.3. The molecule has 10 heteroatoms. The highest BCUT2D eigenvalue weighted by Crippen LogP contribution is 2.54. The van der Waals surface area contributed by atoms with Gasteiger partial charge in [0.15, 0.2) is 0 Å². The number of nitrogens with zero attached hydrogens (tertiary/aromatic N) is 1. The monoisotopic (exact) mass is 662 g/mol. The predicted octanol–water partition coefficient (Wildman–Crippen LogP) is 6.11. The van der Waals surface area contributed by atoms with E-state index < -0.39 is 29.9 Å². The average molecular weight is 663 g/mol. The summed E-state index contributed by atoms with van der Waals surface area (Å²) in [7, 11) is 0. The lowest BCUT2D eigenvalue weighted by molar-refractivity contribution is -0.151. The van der Waals surface area contributed by atoms with E-state index in [2.05, 4.69) is 26.1 Å². The van der Waals surface area contributed by atoms with Gasteiger partial charge in [0, 0.05) is 12.5 Å². The van der Waals surface area contributed by atoms with Crippen LogP contribution in [0, 0.1) is 5.92 Å². The van der Waals surface area contributed by atoms with Crippen LogP contribution in [0.25, 0.3) is 0 Å². The molecular weight excluding hydrogens is 607 g/mol. The molecule has 0 radical (unpaired) electrons. The van der Waals surface area contributed by atoms with Crippen molar-refractivity contribution < 1.29 is 28.7 Å². The summed E-state index contributed by atoms with van der Waals surface area (Å²) >= 11 is 1.35. The quantitative estimate of drug-likeness (QED) is 0.115. The lowest BCUT2D eigenvalue weighted by atomic mass is 10.1. The van der Waals surface area contributed by atoms with Crippen molar-refractivity contribution in [3.8, 4) is 0 Å². The number of ether oxygens (including phenoxy) is 2. The van der Waals surface area contributed by atoms with Crippen molar-refractivity contribution in [2.75, 3.05) is 37.5 Å². The summed E-state index contributed by atoms with van der Waals surface area (Å²) in [5.41, 5.74) is 0.626. The minimum atomic E-state index is -2.16. The Morgan fingerprint density at radius 1 is 1.00 bits per heavy atom. The number of carbonyl (C=O) groups excluding carboxylic acids is 4. The summed E-state index contributed by atoms with van der Waals surface area (Å²) in [6.07, 6.45) is 9.33. The molecule has 3 atom stereocenters. The molecule has 0 saturated carbocycles. The number of Topliss-reactive ketones (excluding diaryl/α,β-unsaturated/α-hetero) is 1. The predicted molar refractivity (Wildman–Crippen MR) is 186 cm³/mol. The number of thioether (sulfide) groups is 1. The van der Waals surface area contributed by atoms with Gasteiger partial charge in [0.25, 0.3) is 5.91 Å². The Bertz CT molecular complexity index is 1180. The Labute approximate surface area is 275 Å². The van der Waals surface area contributed by atoms with Crippen LogP contribution in [-0.2, 0) is 35.1 Å². The van der Waals surface area contributed by atoms with Gasteiger partial charge in [-0.1, -0.05) is 77.3 Å². The molecule has 2 aliphatic rings. The fourth-order valence-corrected chi connectivity index (χ4v) is 12.5. The number of amides is 2. The van der Waals surface area contributed by atoms with Gasteiger partial charge in [-0.15, -0.1) is 11.8 Å². The van der Waals surface area contributed by atoms with Crippen LogP contribution in [0.15, 0.2) is 30.3 Å². The van der Waals surface area contributed by atoms with Crippen LogP contribution in [0.2, 0.25) is 0 Å². The molecule has 0 aromatic heterocycles. The largest absolute Gasteiger partial charge is 0.455 e. The zero-order valence-corrected chi connectivity index (χ0v) is 30.0. The Kier molecular flexibility index (Phi) is 14.7. The molecule has 2 heterocycles. The second-order valence-electron chi connectivity index (χ2n) is 13.3. The maximum Gasteiger partial charge on any atom is 0.355 e. The van der Waals surface area contributed by atoms with E-state index in [0.717, 1.165) is 62.6 Å². The number of ketones is 1. The van der Waals surface area contributed by atoms with E-state index in [4.69, 9.17) is 9.47 Å². The van der Waals surface area contributed by atoms with Gasteiger partial charge in [-0.3, -0.25) is 19.3 Å². The molecule has 45 heavy (non-hydrogen) atoms. The Morgan fingerprint density at radius 3 is 2.11 bits per heavy atom. The SMILES string of the molecule is CCCCP(CCCC)(CCCC)=C(C(=O)OC(C)(C)C)N1C(=O)[C@@H](NC(=O)Cc2ccccc2)[C@H]1SCC(=O)C1CCOC1. The van der Waals surface area contributed by atoms with E-state index in [1.54, 1.807) is 4.90 Å². The number of β-lactam (4-membered cyclic amide) rings is 1. The van der Waals surface area contributed by atoms with E-state index in [0.29, 0.717) is 25.1 Å². The highest BCUT2D eigenvalue weighted by Gasteiger charge is 2.54. The smallest absolute Gasteiger partial charge is 0.355 e. The second kappa shape index (κ2) is 17.7. The Hall–Kier alpha value is -2.09. The van der Waals surface area contributed by atoms with Crippen molar-refractivity contribution in [2.45, 2.75) is 110 Å². The molecule has 8 nitrogen and oxygen atoms in total. The molecule has 1 N–H and O–H groups in total. The highest BCUT2D eigenvalue weighted by molar-refractivity contribution is 8.00. The number of likely N-dealkylation sites (tertiary alicyclic amines) is 1. The van der Waals surface area contributed by atoms with Crippen LogP contribution in [0.3, 0.4) is 0 Å². The fourth-order valence-electron chi connectivity index (χ4n) is 5.95. The maximum absolute atomic E-state index is 14.3. The number of hydrogen-bond acceptors (Lipinski definition) is 7. The number of carbonyl (C=O) groups is 4. The van der Waals surface area contributed by atoms with Crippen molar-refractivity contribution in [2.24, 2.45) is 5.92 Å². The molecule has 0 bridgehead atoms. The van der Waals surface area contributed by atoms with E-state index in [1.165, 1.54) is 11.8 Å². The first kappa shape index (κ1) is 37.4. The third-order valence-electron chi connectivity index (χ3n) is 8.43. The molecule has 0 spiro atoms. The molecule has 1 aromatic carbocycles. The topological polar surface area (TPSA) is 102 Å². The number of unbranched alkanes of at least 4 members (excludes halogenated alkanes) is 3. The summed E-state index contributed by atoms with van der Waals surface area (Å²) in [4.78, 5) is 56.6. The van der Waals surface area contributed by atoms with Crippen LogP contribution in [0.4, 0.5) is 0 Å². The summed E-state index contributed by atoms with van der Waals surface area (Å²) in [5.74, 6) is -0.882. The molecule has 3 rings (SSSR count). The van der Waals surface area contributed by atoms with Crippen LogP contribution in [0.5, 0.6) is 0 Å². The van der Waals surface area contributed by atoms with Gasteiger partial charge >= 0.3 is 5.97 Å². The Morgan fingerprint density at radius 2 is 1.60 bits per heavy atom. The third-order valence-corrected chi connectivity index (χ3v) is 14.5. The molecule has 2 fully saturated rings. The standard InChI is InChI=1S/C35H55N2O6PS/c1-7-10-20-44(21-11-8-2,22-12-9-3)32(34(41)43-35(4,5)6)37-31(40)30(36-29(39)23-26-16-14-13-15-17-26)33(37)45-25-28(38)27-18-19-42-24-27/h13-17,27,30,33H,7-12,18-25H2,1-6H3,(H,36,39)/t27?,30-,33-/m1/s1. The van der Waals surface area contributed by atoms with Crippen molar-refractivity contribution >= 4 is 47.6 Å². The number of hydrogen-bond donors (Lipinski definition) is 1. The van der Waals surface area contributed by atoms with Gasteiger partial charge < -0.3 is 14.8 Å². The van der Waals surface area contributed by atoms with Crippen molar-refractivity contribution in [3.05, 3.63) is 35.9 Å². The van der Waals surface area contributed by atoms with Gasteiger partial charge in [0.05, 0.1) is 18.8 Å². The van der Waals surface area contributed by atoms with Crippen molar-refractivity contribution in [1.29, 1.82) is 0 Å². The average Bonchev–Trinajstić information content (AvgIpc) is 3.55. The third kappa shape index (κ3) is 10.5. The molecule has 2 amide bonds. The molecule has 2 saturated heterocycles. The highest BCUT2D eigenvalue weighted by atomic mass is 32.2. The minimum Gasteiger partial charge on any atom is -0.455 e. The van der Waals surface area contributed by atoms with Crippen LogP contribution in [-0.4, -0.2) is 88.4 Å². The Balaban J connectivity index is 2.08. The van der Waals surface area contributed by atoms with E-state index in [-0.39, 0.29) is 35.7 Å². The van der Waals surface area contributed by atoms with Gasteiger partial charge in [0.2, 0.25) is 5.91 Å². The van der Waals surface area contributed by atoms with E-state index in [9.17, 15) is 19.2 Å². The van der Waals surface area contributed by atoms with Crippen LogP contribution < -0.4 is 5.32 Å². The first-order valence-corrected chi connectivity index (χ1v) is 20.2. The number of rotatable bonds is 18. The van der Waals surface area contributed by atoms with E-state index in [1.807, 2.05) is 51.1 Å². The normalized spacial score (nSPS) is 20.1. The fraction of sp³-hybridized carbons (Fsp3) is 0.686. The summed E-state index contributed by atoms with van der Waals surface area (Å²) < 4.78 is 11.5. The second-order valence-corrected chi connectivity index (χ2v) is 18.5. The molecule has 1 aromatic rings. The number of nitrogens with one attached hydrogen (secondary N) is 1. The first-order chi connectivity index (χ1) is 21.5. The lowest BCUT2D eigenvalue weighted by Crippen LogP contribution is -2.72. The molecule has 252 valence electrons. The minimum absolute atomic E-state index is 0.0778. The van der Waals surface area contributed by atoms with Crippen LogP contribution >= 0.6 is 18.6 Å². The molecule has 2 aliphatic heterocycles. The van der Waals surface area contributed by atoms with Crippen molar-refractivity contribution in [1.82, 2.24) is 10.2 Å². The van der Waals surface area contributed by atoms with Gasteiger partial charge in [-0.2, -0.15) is 0 Å². The number of benzene rings is 1. The lowest BCUT2D eigenvalue weighted by Gasteiger charge is -2.49. The van der Waals surface area contributed by atoms with Gasteiger partial charge in [-0.05, 0) is 70.5 Å². The van der Waals surface area contributed by atoms with Crippen molar-refractivity contribution in [3.63, 3.8) is 0 Å². The van der Waals surface area contributed by atoms with Crippen LogP contribution in [0.1, 0.15) is 92.1 Å². The summed E-state index contributed by atoms with van der Waals surface area (Å²) in [6, 6.07) is 8.58. The summed E-state index contributed by atoms with van der Waals surface area (Å²) in [6.45, 7) is 10.9. The first-order valence-electron chi connectivity index (χ1n) is 16.8. The van der Waals surface area contributed by atoms with E-state index >= 15 is 0 Å². The van der Waals surface area contributed by atoms with Gasteiger partial charge in [0.1, 0.15) is 28.2 Å². The van der Waals surface area contributed by atoms with Gasteiger partial charge in [-0.25, -0.2) is 4.79 Å². The molecule has 0 aliphatic carbocycles.